The molecule has 76 valence electrons. The Morgan fingerprint density at radius 3 is 2.57 bits per heavy atom. The van der Waals surface area contributed by atoms with Crippen molar-refractivity contribution in [3.8, 4) is 0 Å². The van der Waals surface area contributed by atoms with Gasteiger partial charge < -0.3 is 15.8 Å². The van der Waals surface area contributed by atoms with Gasteiger partial charge in [-0.2, -0.15) is 0 Å². The third-order valence-electron chi connectivity index (χ3n) is 1.48. The van der Waals surface area contributed by atoms with E-state index in [-0.39, 0.29) is 0 Å². The monoisotopic (exact) mass is 207 g/mol. The summed E-state index contributed by atoms with van der Waals surface area (Å²) in [5.41, 5.74) is 2.79. The van der Waals surface area contributed by atoms with Crippen LogP contribution >= 0.6 is 0 Å². The van der Waals surface area contributed by atoms with Crippen LogP contribution in [0.3, 0.4) is 0 Å². The van der Waals surface area contributed by atoms with E-state index >= 15 is 0 Å². The molecule has 0 radical (unpaired) electrons. The number of anilines is 1. The lowest BCUT2D eigenvalue weighted by molar-refractivity contribution is -0.391. The third-order valence-corrected chi connectivity index (χ3v) is 1.48. The van der Waals surface area contributed by atoms with Gasteiger partial charge in [-0.25, -0.2) is 13.2 Å². The zero-order valence-corrected chi connectivity index (χ0v) is 6.58. The van der Waals surface area contributed by atoms with Crippen LogP contribution in [0.4, 0.5) is 24.7 Å². The van der Waals surface area contributed by atoms with Crippen molar-refractivity contribution in [1.29, 1.82) is 0 Å². The Balaban J connectivity index is 3.45. The molecule has 0 saturated heterocycles. The van der Waals surface area contributed by atoms with Crippen molar-refractivity contribution in [3.05, 3.63) is 27.7 Å². The SMILES string of the molecule is Nc1c(F)cnc([N+](=O)[O-])c1C(F)F. The van der Waals surface area contributed by atoms with Crippen LogP contribution in [0.2, 0.25) is 0 Å². The molecule has 1 heterocycles. The van der Waals surface area contributed by atoms with Crippen molar-refractivity contribution < 1.29 is 18.1 Å². The average molecular weight is 207 g/mol. The fourth-order valence-corrected chi connectivity index (χ4v) is 0.867. The lowest BCUT2D eigenvalue weighted by Crippen LogP contribution is -2.05. The van der Waals surface area contributed by atoms with Crippen molar-refractivity contribution in [2.45, 2.75) is 6.43 Å². The lowest BCUT2D eigenvalue weighted by atomic mass is 10.2. The van der Waals surface area contributed by atoms with Gasteiger partial charge in [0.05, 0.1) is 5.69 Å². The first-order valence-corrected chi connectivity index (χ1v) is 3.31. The van der Waals surface area contributed by atoms with Gasteiger partial charge in [0.25, 0.3) is 6.43 Å². The number of nitro groups is 1. The summed E-state index contributed by atoms with van der Waals surface area (Å²) < 4.78 is 37.1. The summed E-state index contributed by atoms with van der Waals surface area (Å²) in [6.07, 6.45) is -2.81. The number of nitrogens with two attached hydrogens (primary N) is 1. The largest absolute Gasteiger partial charge is 0.396 e. The van der Waals surface area contributed by atoms with E-state index in [1.165, 1.54) is 0 Å². The number of alkyl halides is 2. The van der Waals surface area contributed by atoms with Crippen LogP contribution in [0.15, 0.2) is 6.20 Å². The summed E-state index contributed by atoms with van der Waals surface area (Å²) >= 11 is 0. The Bertz CT molecular complexity index is 383. The van der Waals surface area contributed by atoms with Gasteiger partial charge in [0, 0.05) is 0 Å². The van der Waals surface area contributed by atoms with Crippen molar-refractivity contribution >= 4 is 11.5 Å². The van der Waals surface area contributed by atoms with Crippen molar-refractivity contribution in [2.75, 3.05) is 5.73 Å². The maximum Gasteiger partial charge on any atom is 0.374 e. The molecule has 2 N–H and O–H groups in total. The summed E-state index contributed by atoms with van der Waals surface area (Å²) in [5.74, 6) is -2.33. The maximum absolute atomic E-state index is 12.6. The second-order valence-corrected chi connectivity index (χ2v) is 2.31. The number of nitrogens with zero attached hydrogens (tertiary/aromatic N) is 2. The third kappa shape index (κ3) is 1.58. The molecular formula is C6H4F3N3O2. The molecule has 0 aliphatic heterocycles. The summed E-state index contributed by atoms with van der Waals surface area (Å²) in [4.78, 5) is 12.0. The Hall–Kier alpha value is -1.86. The Labute approximate surface area is 75.5 Å². The molecule has 1 rings (SSSR count). The summed E-state index contributed by atoms with van der Waals surface area (Å²) in [6.45, 7) is 0. The number of hydrogen-bond donors (Lipinski definition) is 1. The molecule has 0 aromatic carbocycles. The number of aromatic nitrogens is 1. The second kappa shape index (κ2) is 3.48. The Morgan fingerprint density at radius 1 is 1.57 bits per heavy atom. The highest BCUT2D eigenvalue weighted by molar-refractivity contribution is 5.55. The van der Waals surface area contributed by atoms with Gasteiger partial charge in [-0.1, -0.05) is 0 Å². The van der Waals surface area contributed by atoms with Gasteiger partial charge in [-0.05, 0) is 9.91 Å². The lowest BCUT2D eigenvalue weighted by Gasteiger charge is -2.04. The molecule has 1 aromatic rings. The number of hydrogen-bond acceptors (Lipinski definition) is 4. The second-order valence-electron chi connectivity index (χ2n) is 2.31. The first kappa shape index (κ1) is 10.2. The molecule has 14 heavy (non-hydrogen) atoms. The molecule has 0 amide bonds. The Kier molecular flexibility index (Phi) is 2.54. The van der Waals surface area contributed by atoms with Crippen LogP contribution in [0.5, 0.6) is 0 Å². The topological polar surface area (TPSA) is 82.0 Å². The van der Waals surface area contributed by atoms with E-state index in [1.54, 1.807) is 0 Å². The van der Waals surface area contributed by atoms with Crippen molar-refractivity contribution in [2.24, 2.45) is 0 Å². The van der Waals surface area contributed by atoms with Crippen LogP contribution in [0, 0.1) is 15.9 Å². The van der Waals surface area contributed by atoms with Gasteiger partial charge in [-0.3, -0.25) is 0 Å². The normalized spacial score (nSPS) is 10.6. The summed E-state index contributed by atoms with van der Waals surface area (Å²) in [7, 11) is 0. The smallest absolute Gasteiger partial charge is 0.374 e. The van der Waals surface area contributed by atoms with Gasteiger partial charge in [0.1, 0.15) is 5.56 Å². The number of halogens is 3. The molecule has 0 saturated carbocycles. The van der Waals surface area contributed by atoms with Crippen LogP contribution in [-0.4, -0.2) is 9.91 Å². The van der Waals surface area contributed by atoms with Crippen LogP contribution in [0.1, 0.15) is 12.0 Å². The van der Waals surface area contributed by atoms with Gasteiger partial charge >= 0.3 is 5.82 Å². The fourth-order valence-electron chi connectivity index (χ4n) is 0.867. The van der Waals surface area contributed by atoms with Gasteiger partial charge in [0.15, 0.2) is 12.0 Å². The van der Waals surface area contributed by atoms with E-state index in [0.29, 0.717) is 6.20 Å². The highest BCUT2D eigenvalue weighted by Crippen LogP contribution is 2.33. The zero-order valence-electron chi connectivity index (χ0n) is 6.58. The molecule has 5 nitrogen and oxygen atoms in total. The quantitative estimate of drug-likeness (QED) is 0.590. The standard InChI is InChI=1S/C6H4F3N3O2/c7-2-1-11-6(12(13)14)3(4(2)10)5(8)9/h1,5H,(H2,10,11). The molecule has 0 fully saturated rings. The highest BCUT2D eigenvalue weighted by atomic mass is 19.3. The minimum absolute atomic E-state index is 0.430. The van der Waals surface area contributed by atoms with E-state index in [9.17, 15) is 23.3 Å². The van der Waals surface area contributed by atoms with Crippen molar-refractivity contribution in [3.63, 3.8) is 0 Å². The average Bonchev–Trinajstić information content (AvgIpc) is 2.08. The molecule has 0 spiro atoms. The van der Waals surface area contributed by atoms with E-state index in [2.05, 4.69) is 4.98 Å². The predicted molar refractivity (Wildman–Crippen MR) is 40.2 cm³/mol. The minimum atomic E-state index is -3.24. The van der Waals surface area contributed by atoms with Gasteiger partial charge in [-0.15, -0.1) is 0 Å². The number of pyridine rings is 1. The van der Waals surface area contributed by atoms with Crippen molar-refractivity contribution in [1.82, 2.24) is 4.98 Å². The van der Waals surface area contributed by atoms with Gasteiger partial charge in [0.2, 0.25) is 0 Å². The molecule has 0 aliphatic rings. The van der Waals surface area contributed by atoms with E-state index in [4.69, 9.17) is 5.73 Å². The molecule has 0 aliphatic carbocycles. The molecule has 8 heteroatoms. The fraction of sp³-hybridized carbons (Fsp3) is 0.167. The first-order valence-electron chi connectivity index (χ1n) is 3.31. The van der Waals surface area contributed by atoms with E-state index < -0.39 is 34.2 Å². The predicted octanol–water partition coefficient (Wildman–Crippen LogP) is 1.65. The van der Waals surface area contributed by atoms with E-state index in [0.717, 1.165) is 0 Å². The van der Waals surface area contributed by atoms with Crippen LogP contribution < -0.4 is 5.73 Å². The minimum Gasteiger partial charge on any atom is -0.396 e. The Morgan fingerprint density at radius 2 is 2.14 bits per heavy atom. The van der Waals surface area contributed by atoms with Crippen LogP contribution in [0.25, 0.3) is 0 Å². The molecule has 0 atom stereocenters. The van der Waals surface area contributed by atoms with E-state index in [1.807, 2.05) is 0 Å². The summed E-state index contributed by atoms with van der Waals surface area (Å²) in [6, 6.07) is 0. The molecular weight excluding hydrogens is 203 g/mol. The molecule has 0 unspecified atom stereocenters. The molecule has 1 aromatic heterocycles. The number of rotatable bonds is 2. The number of nitrogen functional groups attached to an aromatic ring is 1. The van der Waals surface area contributed by atoms with Crippen LogP contribution in [-0.2, 0) is 0 Å². The highest BCUT2D eigenvalue weighted by Gasteiger charge is 2.28. The molecule has 0 bridgehead atoms. The zero-order chi connectivity index (χ0) is 10.9. The summed E-state index contributed by atoms with van der Waals surface area (Å²) in [5, 5.41) is 10.2. The first-order chi connectivity index (χ1) is 6.45. The maximum atomic E-state index is 12.6.